The normalized spacial score (nSPS) is 16.5. The number of benzene rings is 3. The Hall–Kier alpha value is -3.53. The topological polar surface area (TPSA) is 41.4 Å². The lowest BCUT2D eigenvalue weighted by Crippen LogP contribution is -2.18. The Balaban J connectivity index is 1.59. The molecule has 1 aliphatic rings. The van der Waals surface area contributed by atoms with Crippen molar-refractivity contribution in [1.82, 2.24) is 9.97 Å². The molecule has 0 saturated carbocycles. The number of aromatic nitrogens is 2. The number of hydrogen-bond donors (Lipinski definition) is 0. The molecule has 0 bridgehead atoms. The van der Waals surface area contributed by atoms with Crippen LogP contribution in [0, 0.1) is 0 Å². The first kappa shape index (κ1) is 15.7. The van der Waals surface area contributed by atoms with Gasteiger partial charge < -0.3 is 0 Å². The standard InChI is InChI=1S/C23H18N4/c1-3-7-17(8-4-1)21-16-23(27(26-21)19-9-5-2-6-10-19)18-11-12-20-22(15-18)25-14-13-24-20/h1-15,23H,16H2/t23-/m0/s1. The second-order valence-electron chi connectivity index (χ2n) is 6.62. The number of nitrogens with zero attached hydrogens (tertiary/aromatic N) is 4. The average Bonchev–Trinajstić information content (AvgIpc) is 3.20. The van der Waals surface area contributed by atoms with Gasteiger partial charge in [0.15, 0.2) is 0 Å². The summed E-state index contributed by atoms with van der Waals surface area (Å²) >= 11 is 0. The highest BCUT2D eigenvalue weighted by atomic mass is 15.5. The molecular weight excluding hydrogens is 332 g/mol. The van der Waals surface area contributed by atoms with E-state index in [-0.39, 0.29) is 6.04 Å². The zero-order valence-corrected chi connectivity index (χ0v) is 14.7. The van der Waals surface area contributed by atoms with Crippen LogP contribution in [0.3, 0.4) is 0 Å². The van der Waals surface area contributed by atoms with Crippen molar-refractivity contribution in [1.29, 1.82) is 0 Å². The number of hydrazone groups is 1. The van der Waals surface area contributed by atoms with Crippen LogP contribution in [0.2, 0.25) is 0 Å². The smallest absolute Gasteiger partial charge is 0.0890 e. The Morgan fingerprint density at radius 1 is 0.741 bits per heavy atom. The largest absolute Gasteiger partial charge is 0.257 e. The number of para-hydroxylation sites is 1. The lowest BCUT2D eigenvalue weighted by molar-refractivity contribution is 0.709. The maximum Gasteiger partial charge on any atom is 0.0890 e. The van der Waals surface area contributed by atoms with Crippen molar-refractivity contribution in [3.05, 3.63) is 102 Å². The molecule has 4 aromatic rings. The lowest BCUT2D eigenvalue weighted by atomic mass is 9.98. The molecule has 1 atom stereocenters. The van der Waals surface area contributed by atoms with Gasteiger partial charge in [-0.25, -0.2) is 0 Å². The van der Waals surface area contributed by atoms with E-state index in [0.717, 1.165) is 28.9 Å². The number of fused-ring (bicyclic) bond motifs is 1. The third-order valence-electron chi connectivity index (χ3n) is 4.92. The second kappa shape index (κ2) is 6.65. The molecule has 4 nitrogen and oxygen atoms in total. The van der Waals surface area contributed by atoms with Gasteiger partial charge >= 0.3 is 0 Å². The van der Waals surface area contributed by atoms with Crippen LogP contribution in [-0.4, -0.2) is 15.7 Å². The molecule has 0 N–H and O–H groups in total. The predicted octanol–water partition coefficient (Wildman–Crippen LogP) is 4.99. The summed E-state index contributed by atoms with van der Waals surface area (Å²) in [5.74, 6) is 0. The van der Waals surface area contributed by atoms with Crippen LogP contribution < -0.4 is 5.01 Å². The molecule has 5 rings (SSSR count). The SMILES string of the molecule is c1ccc(C2=NN(c3ccccc3)[C@H](c3ccc4nccnc4c3)C2)cc1. The van der Waals surface area contributed by atoms with Gasteiger partial charge in [0.25, 0.3) is 0 Å². The minimum absolute atomic E-state index is 0.133. The summed E-state index contributed by atoms with van der Waals surface area (Å²) < 4.78 is 0. The van der Waals surface area contributed by atoms with Gasteiger partial charge in [0.1, 0.15) is 0 Å². The van der Waals surface area contributed by atoms with Crippen LogP contribution in [0.5, 0.6) is 0 Å². The molecule has 2 heterocycles. The zero-order chi connectivity index (χ0) is 18.1. The van der Waals surface area contributed by atoms with Gasteiger partial charge in [0, 0.05) is 18.8 Å². The highest BCUT2D eigenvalue weighted by Gasteiger charge is 2.30. The molecule has 0 saturated heterocycles. The summed E-state index contributed by atoms with van der Waals surface area (Å²) in [6.45, 7) is 0. The van der Waals surface area contributed by atoms with Gasteiger partial charge in [-0.1, -0.05) is 54.6 Å². The van der Waals surface area contributed by atoms with Crippen molar-refractivity contribution in [3.8, 4) is 0 Å². The molecule has 0 aliphatic carbocycles. The van der Waals surface area contributed by atoms with Crippen LogP contribution in [-0.2, 0) is 0 Å². The fraction of sp³-hybridized carbons (Fsp3) is 0.0870. The van der Waals surface area contributed by atoms with Crippen molar-refractivity contribution in [2.45, 2.75) is 12.5 Å². The molecule has 130 valence electrons. The molecule has 4 heteroatoms. The van der Waals surface area contributed by atoms with Gasteiger partial charge in [0.05, 0.1) is 28.5 Å². The third kappa shape index (κ3) is 2.95. The van der Waals surface area contributed by atoms with Crippen molar-refractivity contribution >= 4 is 22.4 Å². The third-order valence-corrected chi connectivity index (χ3v) is 4.92. The number of rotatable bonds is 3. The molecule has 0 spiro atoms. The summed E-state index contributed by atoms with van der Waals surface area (Å²) in [4.78, 5) is 8.85. The molecule has 27 heavy (non-hydrogen) atoms. The quantitative estimate of drug-likeness (QED) is 0.523. The Morgan fingerprint density at radius 3 is 2.22 bits per heavy atom. The first-order valence-corrected chi connectivity index (χ1v) is 9.06. The molecule has 3 aromatic carbocycles. The monoisotopic (exact) mass is 350 g/mol. The predicted molar refractivity (Wildman–Crippen MR) is 109 cm³/mol. The molecule has 1 aromatic heterocycles. The number of hydrogen-bond acceptors (Lipinski definition) is 4. The summed E-state index contributed by atoms with van der Waals surface area (Å²) in [6.07, 6.45) is 4.32. The highest BCUT2D eigenvalue weighted by Crippen LogP contribution is 2.37. The summed E-state index contributed by atoms with van der Waals surface area (Å²) in [5, 5.41) is 7.11. The van der Waals surface area contributed by atoms with Crippen LogP contribution in [0.1, 0.15) is 23.6 Å². The van der Waals surface area contributed by atoms with Crippen molar-refractivity contribution in [3.63, 3.8) is 0 Å². The molecule has 1 aliphatic heterocycles. The average molecular weight is 350 g/mol. The van der Waals surface area contributed by atoms with Crippen molar-refractivity contribution in [2.24, 2.45) is 5.10 Å². The minimum Gasteiger partial charge on any atom is -0.257 e. The van der Waals surface area contributed by atoms with Crippen LogP contribution in [0.15, 0.2) is 96.4 Å². The molecule has 0 amide bonds. The van der Waals surface area contributed by atoms with Crippen molar-refractivity contribution in [2.75, 3.05) is 5.01 Å². The summed E-state index contributed by atoms with van der Waals surface area (Å²) in [7, 11) is 0. The van der Waals surface area contributed by atoms with E-state index >= 15 is 0 Å². The Labute approximate surface area is 157 Å². The van der Waals surface area contributed by atoms with Gasteiger partial charge in [0.2, 0.25) is 0 Å². The maximum absolute atomic E-state index is 4.98. The summed E-state index contributed by atoms with van der Waals surface area (Å²) in [5.41, 5.74) is 6.38. The van der Waals surface area contributed by atoms with E-state index in [4.69, 9.17) is 5.10 Å². The van der Waals surface area contributed by atoms with Gasteiger partial charge in [-0.15, -0.1) is 0 Å². The number of anilines is 1. The fourth-order valence-corrected chi connectivity index (χ4v) is 3.58. The van der Waals surface area contributed by atoms with E-state index in [1.54, 1.807) is 12.4 Å². The van der Waals surface area contributed by atoms with E-state index in [9.17, 15) is 0 Å². The molecule has 0 radical (unpaired) electrons. The van der Waals surface area contributed by atoms with Crippen LogP contribution in [0.4, 0.5) is 5.69 Å². The first-order valence-electron chi connectivity index (χ1n) is 9.06. The highest BCUT2D eigenvalue weighted by molar-refractivity contribution is 6.03. The van der Waals surface area contributed by atoms with Gasteiger partial charge in [-0.3, -0.25) is 15.0 Å². The maximum atomic E-state index is 4.98. The second-order valence-corrected chi connectivity index (χ2v) is 6.62. The van der Waals surface area contributed by atoms with E-state index in [1.807, 2.05) is 30.3 Å². The van der Waals surface area contributed by atoms with Gasteiger partial charge in [-0.05, 0) is 35.4 Å². The van der Waals surface area contributed by atoms with Crippen molar-refractivity contribution < 1.29 is 0 Å². The first-order chi connectivity index (χ1) is 13.4. The van der Waals surface area contributed by atoms with Gasteiger partial charge in [-0.2, -0.15) is 5.10 Å². The van der Waals surface area contributed by atoms with E-state index in [2.05, 4.69) is 63.5 Å². The van der Waals surface area contributed by atoms with E-state index in [1.165, 1.54) is 11.1 Å². The summed E-state index contributed by atoms with van der Waals surface area (Å²) in [6, 6.07) is 27.2. The fourth-order valence-electron chi connectivity index (χ4n) is 3.58. The zero-order valence-electron chi connectivity index (χ0n) is 14.7. The molecule has 0 fully saturated rings. The Morgan fingerprint density at radius 2 is 1.44 bits per heavy atom. The molecular formula is C23H18N4. The Kier molecular flexibility index (Phi) is 3.87. The molecule has 0 unspecified atom stereocenters. The van der Waals surface area contributed by atoms with E-state index in [0.29, 0.717) is 0 Å². The van der Waals surface area contributed by atoms with Crippen LogP contribution >= 0.6 is 0 Å². The Bertz CT molecular complexity index is 1110. The lowest BCUT2D eigenvalue weighted by Gasteiger charge is -2.24. The van der Waals surface area contributed by atoms with E-state index < -0.39 is 0 Å². The minimum atomic E-state index is 0.133. The van der Waals surface area contributed by atoms with Crippen LogP contribution in [0.25, 0.3) is 11.0 Å².